The Kier molecular flexibility index (Phi) is 2.74. The molecule has 1 fully saturated rings. The molecule has 0 bridgehead atoms. The van der Waals surface area contributed by atoms with Crippen molar-refractivity contribution in [1.29, 1.82) is 0 Å². The van der Waals surface area contributed by atoms with E-state index < -0.39 is 0 Å². The summed E-state index contributed by atoms with van der Waals surface area (Å²) >= 11 is 3.32. The molecule has 3 heteroatoms. The molecule has 2 rings (SSSR count). The maximum Gasteiger partial charge on any atom is 0.169 e. The number of furan rings is 1. The van der Waals surface area contributed by atoms with Crippen molar-refractivity contribution in [3.05, 3.63) is 22.6 Å². The average molecular weight is 244 g/mol. The fourth-order valence-corrected chi connectivity index (χ4v) is 1.77. The number of rotatable bonds is 4. The topological polar surface area (TPSA) is 25.2 Å². The van der Waals surface area contributed by atoms with Crippen LogP contribution in [0.3, 0.4) is 0 Å². The minimum absolute atomic E-state index is 0.388. The van der Waals surface area contributed by atoms with Gasteiger partial charge in [0, 0.05) is 6.04 Å². The van der Waals surface area contributed by atoms with E-state index in [1.807, 2.05) is 12.1 Å². The van der Waals surface area contributed by atoms with Crippen molar-refractivity contribution >= 4 is 15.9 Å². The van der Waals surface area contributed by atoms with Crippen LogP contribution < -0.4 is 5.32 Å². The van der Waals surface area contributed by atoms with Gasteiger partial charge in [-0.05, 0) is 47.3 Å². The minimum Gasteiger partial charge on any atom is -0.453 e. The lowest BCUT2D eigenvalue weighted by atomic mass is 10.2. The normalized spacial score (nSPS) is 18.9. The molecule has 1 aliphatic carbocycles. The van der Waals surface area contributed by atoms with Crippen LogP contribution in [-0.4, -0.2) is 6.04 Å². The van der Waals surface area contributed by atoms with E-state index in [2.05, 4.69) is 28.2 Å². The lowest BCUT2D eigenvalue weighted by molar-refractivity contribution is 0.392. The van der Waals surface area contributed by atoms with Gasteiger partial charge in [0.05, 0.1) is 6.04 Å². The van der Waals surface area contributed by atoms with Gasteiger partial charge in [0.2, 0.25) is 0 Å². The summed E-state index contributed by atoms with van der Waals surface area (Å²) in [6.45, 7) is 2.18. The Labute approximate surface area is 86.8 Å². The Morgan fingerprint density at radius 1 is 1.62 bits per heavy atom. The van der Waals surface area contributed by atoms with Crippen LogP contribution in [0.4, 0.5) is 0 Å². The van der Waals surface area contributed by atoms with E-state index in [1.54, 1.807) is 0 Å². The molecular weight excluding hydrogens is 230 g/mol. The van der Waals surface area contributed by atoms with Gasteiger partial charge in [-0.2, -0.15) is 0 Å². The molecule has 2 nitrogen and oxygen atoms in total. The van der Waals surface area contributed by atoms with Gasteiger partial charge >= 0.3 is 0 Å². The molecule has 1 saturated carbocycles. The van der Waals surface area contributed by atoms with Crippen LogP contribution in [-0.2, 0) is 0 Å². The highest BCUT2D eigenvalue weighted by Crippen LogP contribution is 2.27. The number of hydrogen-bond acceptors (Lipinski definition) is 2. The Bertz CT molecular complexity index is 280. The quantitative estimate of drug-likeness (QED) is 0.879. The summed E-state index contributed by atoms with van der Waals surface area (Å²) in [6, 6.07) is 5.10. The van der Waals surface area contributed by atoms with E-state index in [1.165, 1.54) is 12.8 Å². The molecular formula is C10H14BrNO. The van der Waals surface area contributed by atoms with Crippen molar-refractivity contribution in [2.45, 2.75) is 38.3 Å². The largest absolute Gasteiger partial charge is 0.453 e. The fraction of sp³-hybridized carbons (Fsp3) is 0.600. The van der Waals surface area contributed by atoms with Crippen LogP contribution in [0.25, 0.3) is 0 Å². The lowest BCUT2D eigenvalue weighted by Crippen LogP contribution is -2.22. The molecule has 0 amide bonds. The second-order valence-corrected chi connectivity index (χ2v) is 4.33. The first-order valence-electron chi connectivity index (χ1n) is 4.81. The first-order valence-corrected chi connectivity index (χ1v) is 5.60. The Balaban J connectivity index is 2.01. The van der Waals surface area contributed by atoms with E-state index in [0.29, 0.717) is 6.04 Å². The molecule has 1 aromatic heterocycles. The van der Waals surface area contributed by atoms with E-state index >= 15 is 0 Å². The van der Waals surface area contributed by atoms with Gasteiger partial charge < -0.3 is 9.73 Å². The summed E-state index contributed by atoms with van der Waals surface area (Å²) in [5, 5.41) is 3.56. The lowest BCUT2D eigenvalue weighted by Gasteiger charge is -2.13. The molecule has 1 atom stereocenters. The zero-order chi connectivity index (χ0) is 9.26. The first kappa shape index (κ1) is 9.28. The molecule has 0 spiro atoms. The van der Waals surface area contributed by atoms with Crippen molar-refractivity contribution < 1.29 is 4.42 Å². The third-order valence-corrected chi connectivity index (χ3v) is 2.79. The van der Waals surface area contributed by atoms with Crippen LogP contribution in [0.2, 0.25) is 0 Å². The Hall–Kier alpha value is -0.280. The van der Waals surface area contributed by atoms with Gasteiger partial charge in [-0.1, -0.05) is 6.92 Å². The first-order chi connectivity index (χ1) is 6.29. The molecule has 1 heterocycles. The molecule has 0 aromatic carbocycles. The highest BCUT2D eigenvalue weighted by atomic mass is 79.9. The fourth-order valence-electron chi connectivity index (χ4n) is 1.45. The van der Waals surface area contributed by atoms with E-state index in [4.69, 9.17) is 4.42 Å². The molecule has 1 unspecified atom stereocenters. The van der Waals surface area contributed by atoms with Crippen LogP contribution in [0.1, 0.15) is 38.0 Å². The third kappa shape index (κ3) is 2.35. The standard InChI is InChI=1S/C10H14BrNO/c1-2-8(12-7-3-4-7)9-5-6-10(11)13-9/h5-8,12H,2-4H2,1H3. The SMILES string of the molecule is CCC(NC1CC1)c1ccc(Br)o1. The monoisotopic (exact) mass is 243 g/mol. The predicted octanol–water partition coefficient (Wildman–Crippen LogP) is 3.25. The second kappa shape index (κ2) is 3.84. The summed E-state index contributed by atoms with van der Waals surface area (Å²) in [5.41, 5.74) is 0. The smallest absolute Gasteiger partial charge is 0.169 e. The van der Waals surface area contributed by atoms with Crippen molar-refractivity contribution in [1.82, 2.24) is 5.32 Å². The highest BCUT2D eigenvalue weighted by Gasteiger charge is 2.25. The van der Waals surface area contributed by atoms with Gasteiger partial charge in [-0.15, -0.1) is 0 Å². The molecule has 0 radical (unpaired) electrons. The van der Waals surface area contributed by atoms with Crippen LogP contribution in [0.15, 0.2) is 21.2 Å². The minimum atomic E-state index is 0.388. The summed E-state index contributed by atoms with van der Waals surface area (Å²) in [6.07, 6.45) is 3.72. The number of nitrogens with one attached hydrogen (secondary N) is 1. The van der Waals surface area contributed by atoms with Gasteiger partial charge in [0.25, 0.3) is 0 Å². The molecule has 1 aliphatic rings. The van der Waals surface area contributed by atoms with Gasteiger partial charge in [0.15, 0.2) is 4.67 Å². The summed E-state index contributed by atoms with van der Waals surface area (Å²) < 4.78 is 6.34. The second-order valence-electron chi connectivity index (χ2n) is 3.54. The number of halogens is 1. The third-order valence-electron chi connectivity index (χ3n) is 2.36. The Morgan fingerprint density at radius 3 is 2.85 bits per heavy atom. The maximum atomic E-state index is 5.52. The summed E-state index contributed by atoms with van der Waals surface area (Å²) in [5.74, 6) is 1.04. The van der Waals surface area contributed by atoms with E-state index in [9.17, 15) is 0 Å². The van der Waals surface area contributed by atoms with Gasteiger partial charge in [-0.25, -0.2) is 0 Å². The molecule has 0 saturated heterocycles. The van der Waals surface area contributed by atoms with Gasteiger partial charge in [0.1, 0.15) is 5.76 Å². The Morgan fingerprint density at radius 2 is 2.38 bits per heavy atom. The van der Waals surface area contributed by atoms with Crippen LogP contribution >= 0.6 is 15.9 Å². The maximum absolute atomic E-state index is 5.52. The van der Waals surface area contributed by atoms with Crippen LogP contribution in [0.5, 0.6) is 0 Å². The molecule has 1 aromatic rings. The molecule has 72 valence electrons. The number of hydrogen-bond donors (Lipinski definition) is 1. The zero-order valence-corrected chi connectivity index (χ0v) is 9.30. The summed E-state index contributed by atoms with van der Waals surface area (Å²) in [4.78, 5) is 0. The average Bonchev–Trinajstić information content (AvgIpc) is 2.84. The van der Waals surface area contributed by atoms with E-state index in [0.717, 1.165) is 22.9 Å². The van der Waals surface area contributed by atoms with Crippen molar-refractivity contribution in [3.63, 3.8) is 0 Å². The van der Waals surface area contributed by atoms with Crippen molar-refractivity contribution in [3.8, 4) is 0 Å². The van der Waals surface area contributed by atoms with E-state index in [-0.39, 0.29) is 0 Å². The van der Waals surface area contributed by atoms with Crippen molar-refractivity contribution in [2.75, 3.05) is 0 Å². The predicted molar refractivity (Wildman–Crippen MR) is 55.6 cm³/mol. The highest BCUT2D eigenvalue weighted by molar-refractivity contribution is 9.10. The molecule has 0 aliphatic heterocycles. The molecule has 13 heavy (non-hydrogen) atoms. The summed E-state index contributed by atoms with van der Waals surface area (Å²) in [7, 11) is 0. The van der Waals surface area contributed by atoms with Crippen LogP contribution in [0, 0.1) is 0 Å². The zero-order valence-electron chi connectivity index (χ0n) is 7.72. The van der Waals surface area contributed by atoms with Crippen molar-refractivity contribution in [2.24, 2.45) is 0 Å². The molecule has 1 N–H and O–H groups in total. The van der Waals surface area contributed by atoms with Gasteiger partial charge in [-0.3, -0.25) is 0 Å².